The van der Waals surface area contributed by atoms with Crippen molar-refractivity contribution in [3.63, 3.8) is 0 Å². The van der Waals surface area contributed by atoms with Crippen molar-refractivity contribution in [2.45, 2.75) is 53.1 Å². The van der Waals surface area contributed by atoms with Crippen LogP contribution in [0.5, 0.6) is 0 Å². The van der Waals surface area contributed by atoms with Gasteiger partial charge >= 0.3 is 5.97 Å². The van der Waals surface area contributed by atoms with Gasteiger partial charge in [-0.25, -0.2) is 0 Å². The van der Waals surface area contributed by atoms with E-state index < -0.39 is 5.60 Å². The first-order valence-electron chi connectivity index (χ1n) is 5.65. The monoisotopic (exact) mass is 216 g/mol. The maximum Gasteiger partial charge on any atom is 0.308 e. The molecule has 0 heterocycles. The van der Waals surface area contributed by atoms with Crippen molar-refractivity contribution in [2.75, 3.05) is 6.61 Å². The Kier molecular flexibility index (Phi) is 5.88. The molecule has 0 saturated heterocycles. The molecule has 0 rings (SSSR count). The summed E-state index contributed by atoms with van der Waals surface area (Å²) < 4.78 is 5.44. The van der Waals surface area contributed by atoms with E-state index in [0.29, 0.717) is 0 Å². The summed E-state index contributed by atoms with van der Waals surface area (Å²) in [6.07, 6.45) is 1.62. The van der Waals surface area contributed by atoms with Crippen molar-refractivity contribution in [1.82, 2.24) is 0 Å². The Labute approximate surface area is 92.8 Å². The molecule has 90 valence electrons. The fourth-order valence-corrected chi connectivity index (χ4v) is 1.22. The summed E-state index contributed by atoms with van der Waals surface area (Å²) in [5.41, 5.74) is -0.448. The summed E-state index contributed by atoms with van der Waals surface area (Å²) in [6.45, 7) is 9.75. The van der Waals surface area contributed by atoms with E-state index in [1.54, 1.807) is 0 Å². The normalized spacial score (nSPS) is 14.1. The van der Waals surface area contributed by atoms with E-state index in [4.69, 9.17) is 9.84 Å². The van der Waals surface area contributed by atoms with Crippen LogP contribution in [0.25, 0.3) is 0 Å². The van der Waals surface area contributed by atoms with Crippen molar-refractivity contribution < 1.29 is 14.6 Å². The lowest BCUT2D eigenvalue weighted by Crippen LogP contribution is -2.36. The average Bonchev–Trinajstić information content (AvgIpc) is 2.13. The minimum absolute atomic E-state index is 0.0886. The van der Waals surface area contributed by atoms with Gasteiger partial charge in [0.25, 0.3) is 0 Å². The Morgan fingerprint density at radius 1 is 1.33 bits per heavy atom. The summed E-state index contributed by atoms with van der Waals surface area (Å²) in [5.74, 6) is 0.0116. The zero-order valence-corrected chi connectivity index (χ0v) is 10.5. The van der Waals surface area contributed by atoms with Crippen LogP contribution in [0.15, 0.2) is 0 Å². The molecule has 0 aliphatic rings. The number of esters is 1. The lowest BCUT2D eigenvalue weighted by atomic mass is 9.88. The third kappa shape index (κ3) is 5.17. The van der Waals surface area contributed by atoms with Gasteiger partial charge in [0.2, 0.25) is 0 Å². The van der Waals surface area contributed by atoms with Crippen LogP contribution < -0.4 is 0 Å². The lowest BCUT2D eigenvalue weighted by Gasteiger charge is -2.32. The summed E-state index contributed by atoms with van der Waals surface area (Å²) in [6, 6.07) is 0. The first-order chi connectivity index (χ1) is 6.81. The number of rotatable bonds is 6. The van der Waals surface area contributed by atoms with Crippen LogP contribution in [0, 0.1) is 11.8 Å². The fraction of sp³-hybridized carbons (Fsp3) is 0.917. The number of ether oxygens (including phenoxy) is 1. The molecule has 3 nitrogen and oxygen atoms in total. The molecule has 0 saturated carbocycles. The molecule has 3 heteroatoms. The number of carbonyl (C=O) groups is 1. The summed E-state index contributed by atoms with van der Waals surface area (Å²) >= 11 is 0. The second-order valence-electron chi connectivity index (χ2n) is 4.95. The van der Waals surface area contributed by atoms with E-state index in [1.807, 2.05) is 34.6 Å². The molecular weight excluding hydrogens is 192 g/mol. The average molecular weight is 216 g/mol. The van der Waals surface area contributed by atoms with E-state index >= 15 is 0 Å². The maximum atomic E-state index is 11.5. The highest BCUT2D eigenvalue weighted by Gasteiger charge is 2.30. The van der Waals surface area contributed by atoms with Crippen molar-refractivity contribution in [3.8, 4) is 0 Å². The molecule has 0 aromatic heterocycles. The number of carbonyl (C=O) groups excluding carboxylic acids is 1. The standard InChI is InChI=1S/C12H24O3/c1-9(2)11(14)15-12(4,5)10(3)7-6-8-13/h9-10,13H,6-8H2,1-5H3. The second kappa shape index (κ2) is 6.11. The number of hydrogen-bond donors (Lipinski definition) is 1. The summed E-state index contributed by atoms with van der Waals surface area (Å²) in [7, 11) is 0. The smallest absolute Gasteiger partial charge is 0.308 e. The summed E-state index contributed by atoms with van der Waals surface area (Å²) in [5, 5.41) is 8.74. The van der Waals surface area contributed by atoms with Crippen LogP contribution in [-0.2, 0) is 9.53 Å². The van der Waals surface area contributed by atoms with Gasteiger partial charge in [-0.15, -0.1) is 0 Å². The van der Waals surface area contributed by atoms with Crippen LogP contribution >= 0.6 is 0 Å². The molecule has 0 bridgehead atoms. The zero-order chi connectivity index (χ0) is 12.1. The Balaban J connectivity index is 4.20. The molecule has 0 aliphatic heterocycles. The Morgan fingerprint density at radius 3 is 2.27 bits per heavy atom. The van der Waals surface area contributed by atoms with Crippen molar-refractivity contribution in [3.05, 3.63) is 0 Å². The highest BCUT2D eigenvalue weighted by molar-refractivity contribution is 5.72. The van der Waals surface area contributed by atoms with Crippen molar-refractivity contribution in [1.29, 1.82) is 0 Å². The SMILES string of the molecule is CC(C)C(=O)OC(C)(C)C(C)CCCO. The molecular formula is C12H24O3. The number of hydrogen-bond acceptors (Lipinski definition) is 3. The topological polar surface area (TPSA) is 46.5 Å². The van der Waals surface area contributed by atoms with Gasteiger partial charge in [0.1, 0.15) is 5.60 Å². The van der Waals surface area contributed by atoms with Crippen molar-refractivity contribution in [2.24, 2.45) is 11.8 Å². The van der Waals surface area contributed by atoms with Gasteiger partial charge in [-0.2, -0.15) is 0 Å². The third-order valence-corrected chi connectivity index (χ3v) is 2.82. The molecule has 0 aromatic rings. The predicted molar refractivity (Wildman–Crippen MR) is 60.5 cm³/mol. The maximum absolute atomic E-state index is 11.5. The van der Waals surface area contributed by atoms with E-state index in [0.717, 1.165) is 12.8 Å². The zero-order valence-electron chi connectivity index (χ0n) is 10.5. The Hall–Kier alpha value is -0.570. The summed E-state index contributed by atoms with van der Waals surface area (Å²) in [4.78, 5) is 11.5. The van der Waals surface area contributed by atoms with Crippen LogP contribution in [0.2, 0.25) is 0 Å². The highest BCUT2D eigenvalue weighted by Crippen LogP contribution is 2.26. The largest absolute Gasteiger partial charge is 0.459 e. The minimum Gasteiger partial charge on any atom is -0.459 e. The molecule has 0 amide bonds. The molecule has 0 aromatic carbocycles. The van der Waals surface area contributed by atoms with Crippen molar-refractivity contribution >= 4 is 5.97 Å². The third-order valence-electron chi connectivity index (χ3n) is 2.82. The quantitative estimate of drug-likeness (QED) is 0.693. The van der Waals surface area contributed by atoms with E-state index in [1.165, 1.54) is 0 Å². The molecule has 0 fully saturated rings. The van der Waals surface area contributed by atoms with Gasteiger partial charge in [0, 0.05) is 6.61 Å². The molecule has 1 atom stereocenters. The van der Waals surface area contributed by atoms with Gasteiger partial charge in [0.15, 0.2) is 0 Å². The van der Waals surface area contributed by atoms with Gasteiger partial charge in [0.05, 0.1) is 5.92 Å². The van der Waals surface area contributed by atoms with Crippen LogP contribution in [0.1, 0.15) is 47.5 Å². The van der Waals surface area contributed by atoms with E-state index in [-0.39, 0.29) is 24.4 Å². The van der Waals surface area contributed by atoms with E-state index in [2.05, 4.69) is 0 Å². The Morgan fingerprint density at radius 2 is 1.87 bits per heavy atom. The van der Waals surface area contributed by atoms with Gasteiger partial charge in [-0.3, -0.25) is 4.79 Å². The molecule has 0 aliphatic carbocycles. The first kappa shape index (κ1) is 14.4. The Bertz CT molecular complexity index is 197. The number of aliphatic hydroxyl groups is 1. The highest BCUT2D eigenvalue weighted by atomic mass is 16.6. The lowest BCUT2D eigenvalue weighted by molar-refractivity contribution is -0.165. The van der Waals surface area contributed by atoms with Crippen LogP contribution in [-0.4, -0.2) is 23.3 Å². The molecule has 15 heavy (non-hydrogen) atoms. The molecule has 1 N–H and O–H groups in total. The minimum atomic E-state index is -0.448. The fourth-order valence-electron chi connectivity index (χ4n) is 1.22. The van der Waals surface area contributed by atoms with Gasteiger partial charge in [-0.05, 0) is 32.6 Å². The van der Waals surface area contributed by atoms with Gasteiger partial charge < -0.3 is 9.84 Å². The molecule has 0 spiro atoms. The second-order valence-corrected chi connectivity index (χ2v) is 4.95. The molecule has 0 radical (unpaired) electrons. The van der Waals surface area contributed by atoms with E-state index in [9.17, 15) is 4.79 Å². The molecule has 1 unspecified atom stereocenters. The van der Waals surface area contributed by atoms with Gasteiger partial charge in [-0.1, -0.05) is 20.8 Å². The predicted octanol–water partition coefficient (Wildman–Crippen LogP) is 2.37. The van der Waals surface area contributed by atoms with Crippen LogP contribution in [0.4, 0.5) is 0 Å². The number of aliphatic hydroxyl groups excluding tert-OH is 1. The first-order valence-corrected chi connectivity index (χ1v) is 5.65. The van der Waals surface area contributed by atoms with Crippen LogP contribution in [0.3, 0.4) is 0 Å².